The first-order chi connectivity index (χ1) is 1.00. The molecule has 0 aromatic carbocycles. The van der Waals surface area contributed by atoms with E-state index in [1.807, 2.05) is 0 Å². The van der Waals surface area contributed by atoms with Crippen molar-refractivity contribution >= 4 is 12.4 Å². The number of hydrogen-bond acceptors (Lipinski definition) is 1. The molecule has 7 nitrogen and oxygen atoms in total. The van der Waals surface area contributed by atoms with Gasteiger partial charge in [0.1, 0.15) is 0 Å². The van der Waals surface area contributed by atoms with Crippen LogP contribution in [0.25, 0.3) is 0 Å². The van der Waals surface area contributed by atoms with E-state index in [2.05, 4.69) is 0 Å². The fourth-order valence-corrected chi connectivity index (χ4v) is 0. The molecule has 0 saturated carbocycles. The second-order valence-corrected chi connectivity index (χ2v) is 0. The molecule has 0 bridgehead atoms. The van der Waals surface area contributed by atoms with Gasteiger partial charge in [-0.05, 0) is 0 Å². The Kier molecular flexibility index (Phi) is 26700. The summed E-state index contributed by atoms with van der Waals surface area (Å²) in [5, 5.41) is 0. The van der Waals surface area contributed by atoms with Gasteiger partial charge in [0.05, 0.1) is 0 Å². The Balaban J connectivity index is -0.000000000238. The molecule has 0 aromatic rings. The van der Waals surface area contributed by atoms with E-state index in [4.69, 9.17) is 2.81 Å². The molecular formula is H13ClO7Zr. The molecule has 0 saturated heterocycles. The quantitative estimate of drug-likeness (QED) is 0.409. The van der Waals surface area contributed by atoms with Gasteiger partial charge in [0.25, 0.3) is 0 Å². The molecule has 0 unspecified atom stereocenters. The van der Waals surface area contributed by atoms with Crippen LogP contribution in [0.1, 0.15) is 0 Å². The molecule has 0 radical (unpaired) electrons. The van der Waals surface area contributed by atoms with Gasteiger partial charge < -0.3 is 32.9 Å². The van der Waals surface area contributed by atoms with Crippen molar-refractivity contribution in [1.82, 2.24) is 0 Å². The topological polar surface area (TPSA) is 206 Å². The third-order valence-corrected chi connectivity index (χ3v) is 0. The summed E-state index contributed by atoms with van der Waals surface area (Å²) in [6.07, 6.45) is 0. The van der Waals surface area contributed by atoms with Crippen LogP contribution >= 0.6 is 12.4 Å². The molecule has 0 aliphatic carbocycles. The van der Waals surface area contributed by atoms with Gasteiger partial charge in [-0.2, -0.15) is 0 Å². The Hall–Kier alpha value is 0.733. The summed E-state index contributed by atoms with van der Waals surface area (Å²) >= 11 is 0.300. The van der Waals surface area contributed by atoms with E-state index in [1.54, 1.807) is 0 Å². The SMILES string of the molecule is Cl.O.O.O.O.O.O.[O]=[Zr]. The van der Waals surface area contributed by atoms with Crippen LogP contribution in [0.4, 0.5) is 0 Å². The van der Waals surface area contributed by atoms with Gasteiger partial charge in [-0.25, -0.2) is 0 Å². The van der Waals surface area contributed by atoms with Gasteiger partial charge >= 0.3 is 27.5 Å². The van der Waals surface area contributed by atoms with Crippen LogP contribution in [0.3, 0.4) is 0 Å². The summed E-state index contributed by atoms with van der Waals surface area (Å²) in [4.78, 5) is 0. The van der Waals surface area contributed by atoms with Crippen LogP contribution in [-0.4, -0.2) is 32.9 Å². The van der Waals surface area contributed by atoms with Gasteiger partial charge in [-0.15, -0.1) is 12.4 Å². The first kappa shape index (κ1) is 247. The predicted molar refractivity (Wildman–Crippen MR) is 29.6 cm³/mol. The van der Waals surface area contributed by atoms with Crippen molar-refractivity contribution in [3.05, 3.63) is 0 Å². The molecule has 0 amide bonds. The first-order valence-electron chi connectivity index (χ1n) is 0.204. The van der Waals surface area contributed by atoms with Crippen molar-refractivity contribution < 1.29 is 60.4 Å². The van der Waals surface area contributed by atoms with Gasteiger partial charge in [0.2, 0.25) is 0 Å². The molecule has 0 spiro atoms. The van der Waals surface area contributed by atoms with Gasteiger partial charge in [-0.3, -0.25) is 0 Å². The summed E-state index contributed by atoms with van der Waals surface area (Å²) in [6, 6.07) is 0. The normalized spacial score (nSPS) is 0.333. The molecule has 12 N–H and O–H groups in total. The zero-order valence-corrected chi connectivity index (χ0v) is 7.59. The van der Waals surface area contributed by atoms with E-state index in [9.17, 15) is 0 Å². The second kappa shape index (κ2) is 972. The molecule has 0 aliphatic rings. The molecule has 0 heterocycles. The van der Waals surface area contributed by atoms with E-state index in [0.29, 0.717) is 24.7 Å². The molecule has 0 atom stereocenters. The molecule has 0 rings (SSSR count). The summed E-state index contributed by atoms with van der Waals surface area (Å²) in [5.74, 6) is 0. The summed E-state index contributed by atoms with van der Waals surface area (Å²) in [5.41, 5.74) is 0. The molecular weight excluding hydrogens is 239 g/mol. The monoisotopic (exact) mass is 250 g/mol. The van der Waals surface area contributed by atoms with Crippen molar-refractivity contribution in [3.63, 3.8) is 0 Å². The van der Waals surface area contributed by atoms with Crippen LogP contribution in [-0.2, 0) is 27.5 Å². The maximum atomic E-state index is 8.34. The molecule has 0 fully saturated rings. The Morgan fingerprint density at radius 2 is 0.556 bits per heavy atom. The molecule has 0 aliphatic heterocycles. The maximum absolute atomic E-state index is 8.34. The van der Waals surface area contributed by atoms with Crippen LogP contribution in [0.5, 0.6) is 0 Å². The first-order valence-corrected chi connectivity index (χ1v) is 1.21. The minimum atomic E-state index is 0. The molecule has 9 heteroatoms. The van der Waals surface area contributed by atoms with Gasteiger partial charge in [0, 0.05) is 0 Å². The standard InChI is InChI=1S/ClH.6H2O.O.Zr/h1H;6*1H2;;. The fourth-order valence-electron chi connectivity index (χ4n) is 0. The van der Waals surface area contributed by atoms with Crippen molar-refractivity contribution in [2.24, 2.45) is 0 Å². The van der Waals surface area contributed by atoms with Crippen LogP contribution in [0, 0.1) is 0 Å². The number of rotatable bonds is 0. The van der Waals surface area contributed by atoms with Gasteiger partial charge in [-0.1, -0.05) is 0 Å². The Bertz CT molecular complexity index is 8.88. The zero-order valence-electron chi connectivity index (χ0n) is 4.32. The minimum absolute atomic E-state index is 0. The summed E-state index contributed by atoms with van der Waals surface area (Å²) in [7, 11) is 0. The van der Waals surface area contributed by atoms with E-state index in [1.165, 1.54) is 0 Å². The zero-order chi connectivity index (χ0) is 2.00. The Morgan fingerprint density at radius 3 is 0.556 bits per heavy atom. The average Bonchev–Trinajstić information content (AvgIpc) is 1.00. The van der Waals surface area contributed by atoms with Crippen molar-refractivity contribution in [2.45, 2.75) is 0 Å². The molecule has 0 aromatic heterocycles. The average molecular weight is 252 g/mol. The molecule has 66 valence electrons. The Morgan fingerprint density at radius 1 is 0.556 bits per heavy atom. The Labute approximate surface area is 73.0 Å². The van der Waals surface area contributed by atoms with Crippen molar-refractivity contribution in [1.29, 1.82) is 0 Å². The van der Waals surface area contributed by atoms with Crippen molar-refractivity contribution in [2.75, 3.05) is 0 Å². The fraction of sp³-hybridized carbons (Fsp3) is 0. The molecule has 9 heavy (non-hydrogen) atoms. The van der Waals surface area contributed by atoms with Crippen LogP contribution < -0.4 is 0 Å². The van der Waals surface area contributed by atoms with E-state index < -0.39 is 0 Å². The van der Waals surface area contributed by atoms with Crippen LogP contribution in [0.2, 0.25) is 0 Å². The predicted octanol–water partition coefficient (Wildman–Crippen LogP) is -4.65. The second-order valence-electron chi connectivity index (χ2n) is 0. The van der Waals surface area contributed by atoms with Gasteiger partial charge in [0.15, 0.2) is 0 Å². The number of hydrogen-bond donors (Lipinski definition) is 0. The third kappa shape index (κ3) is 737. The number of halogens is 1. The third-order valence-electron chi connectivity index (χ3n) is 0. The van der Waals surface area contributed by atoms with E-state index in [-0.39, 0.29) is 45.3 Å². The van der Waals surface area contributed by atoms with Crippen LogP contribution in [0.15, 0.2) is 0 Å². The van der Waals surface area contributed by atoms with E-state index >= 15 is 0 Å². The summed E-state index contributed by atoms with van der Waals surface area (Å²) in [6.45, 7) is 0. The summed E-state index contributed by atoms with van der Waals surface area (Å²) < 4.78 is 8.34. The van der Waals surface area contributed by atoms with E-state index in [0.717, 1.165) is 0 Å². The van der Waals surface area contributed by atoms with Crippen molar-refractivity contribution in [3.8, 4) is 0 Å².